The fourth-order valence-electron chi connectivity index (χ4n) is 0.962. The molecule has 0 aliphatic rings. The predicted octanol–water partition coefficient (Wildman–Crippen LogP) is 3.89. The number of unbranched alkanes of at least 4 members (excludes halogenated alkanes) is 1. The van der Waals surface area contributed by atoms with Crippen LogP contribution in [-0.4, -0.2) is 5.60 Å². The Bertz CT molecular complexity index is 160. The molecule has 0 aromatic heterocycles. The monoisotopic (exact) mass is 181 g/mol. The summed E-state index contributed by atoms with van der Waals surface area (Å²) in [5, 5.41) is 11.2. The van der Waals surface area contributed by atoms with Crippen molar-refractivity contribution in [3.05, 3.63) is 24.3 Å². The first-order valence-corrected chi connectivity index (χ1v) is 5.06. The van der Waals surface area contributed by atoms with Crippen molar-refractivity contribution in [1.29, 1.82) is 0 Å². The van der Waals surface area contributed by atoms with Gasteiger partial charge in [-0.2, -0.15) is 0 Å². The number of hydrogen-bond acceptors (Lipinski definition) is 0. The molecule has 0 spiro atoms. The van der Waals surface area contributed by atoms with Crippen LogP contribution in [0.1, 0.15) is 46.5 Å². The molecule has 0 saturated carbocycles. The van der Waals surface area contributed by atoms with Crippen LogP contribution in [0.25, 0.3) is 0 Å². The van der Waals surface area contributed by atoms with Crippen LogP contribution < -0.4 is 0 Å². The smallest absolute Gasteiger partial charge is 0.101 e. The van der Waals surface area contributed by atoms with E-state index in [0.717, 1.165) is 19.3 Å². The van der Waals surface area contributed by atoms with Gasteiger partial charge in [0.05, 0.1) is 0 Å². The molecule has 0 amide bonds. The van der Waals surface area contributed by atoms with E-state index < -0.39 is 5.60 Å². The van der Waals surface area contributed by atoms with E-state index in [1.165, 1.54) is 0 Å². The first kappa shape index (κ1) is 12.4. The highest BCUT2D eigenvalue weighted by Crippen LogP contribution is 2.09. The van der Waals surface area contributed by atoms with Crippen LogP contribution in [-0.2, 0) is 5.11 Å². The predicted molar refractivity (Wildman–Crippen MR) is 57.2 cm³/mol. The lowest BCUT2D eigenvalue weighted by Crippen LogP contribution is -2.14. The van der Waals surface area contributed by atoms with Crippen LogP contribution in [0.5, 0.6) is 0 Å². The summed E-state index contributed by atoms with van der Waals surface area (Å²) >= 11 is 0. The van der Waals surface area contributed by atoms with Gasteiger partial charge in [0.2, 0.25) is 0 Å². The average molecular weight is 181 g/mol. The van der Waals surface area contributed by atoms with Gasteiger partial charge in [-0.1, -0.05) is 31.2 Å². The van der Waals surface area contributed by atoms with E-state index >= 15 is 0 Å². The molecule has 0 fully saturated rings. The third-order valence-corrected chi connectivity index (χ3v) is 1.68. The van der Waals surface area contributed by atoms with Crippen molar-refractivity contribution in [2.75, 3.05) is 0 Å². The summed E-state index contributed by atoms with van der Waals surface area (Å²) in [7, 11) is 0. The first-order valence-electron chi connectivity index (χ1n) is 5.06. The number of rotatable bonds is 6. The molecular weight excluding hydrogens is 160 g/mol. The molecule has 1 nitrogen and oxygen atoms in total. The van der Waals surface area contributed by atoms with Crippen molar-refractivity contribution in [3.8, 4) is 0 Å². The Morgan fingerprint density at radius 3 is 2.00 bits per heavy atom. The summed E-state index contributed by atoms with van der Waals surface area (Å²) in [5.41, 5.74) is -0.810. The second-order valence-electron chi connectivity index (χ2n) is 3.89. The molecule has 0 heterocycles. The van der Waals surface area contributed by atoms with Crippen molar-refractivity contribution in [2.45, 2.75) is 52.1 Å². The Labute approximate surface area is 82.2 Å². The highest BCUT2D eigenvalue weighted by Gasteiger charge is 2.11. The molecule has 0 bridgehead atoms. The summed E-state index contributed by atoms with van der Waals surface area (Å²) in [6.07, 6.45) is 12.3. The van der Waals surface area contributed by atoms with Crippen molar-refractivity contribution in [2.24, 2.45) is 0 Å². The Kier molecular flexibility index (Phi) is 6.61. The zero-order valence-corrected chi connectivity index (χ0v) is 9.05. The summed E-state index contributed by atoms with van der Waals surface area (Å²) in [4.78, 5) is 0. The topological polar surface area (TPSA) is 19.9 Å². The Morgan fingerprint density at radius 2 is 1.54 bits per heavy atom. The van der Waals surface area contributed by atoms with Gasteiger partial charge < -0.3 is 0 Å². The van der Waals surface area contributed by atoms with E-state index in [-0.39, 0.29) is 0 Å². The van der Waals surface area contributed by atoms with Crippen molar-refractivity contribution < 1.29 is 5.11 Å². The molecule has 0 aliphatic carbocycles. The molecule has 1 heteroatoms. The SMILES string of the molecule is CCC=CCCC=CCC(C)(C)[O]. The quantitative estimate of drug-likeness (QED) is 0.437. The standard InChI is InChI=1S/C12H21O/c1-4-5-6-7-8-9-10-11-12(2,3)13/h5-6,9-10H,4,7-8,11H2,1-3H3. The molecule has 0 aromatic carbocycles. The molecule has 0 N–H and O–H groups in total. The van der Waals surface area contributed by atoms with Crippen LogP contribution in [0, 0.1) is 0 Å². The first-order chi connectivity index (χ1) is 6.06. The van der Waals surface area contributed by atoms with E-state index in [0.29, 0.717) is 6.42 Å². The zero-order chi connectivity index (χ0) is 10.2. The third-order valence-electron chi connectivity index (χ3n) is 1.68. The van der Waals surface area contributed by atoms with Crippen LogP contribution in [0.15, 0.2) is 24.3 Å². The normalized spacial score (nSPS) is 13.2. The van der Waals surface area contributed by atoms with Gasteiger partial charge in [-0.25, -0.2) is 5.11 Å². The third kappa shape index (κ3) is 11.4. The van der Waals surface area contributed by atoms with Crippen molar-refractivity contribution in [1.82, 2.24) is 0 Å². The van der Waals surface area contributed by atoms with Crippen LogP contribution in [0.4, 0.5) is 0 Å². The number of allylic oxidation sites excluding steroid dienone is 3. The minimum absolute atomic E-state index is 0.629. The van der Waals surface area contributed by atoms with E-state index in [4.69, 9.17) is 0 Å². The second kappa shape index (κ2) is 6.90. The summed E-state index contributed by atoms with van der Waals surface area (Å²) < 4.78 is 0. The fourth-order valence-corrected chi connectivity index (χ4v) is 0.962. The Hall–Kier alpha value is -0.560. The lowest BCUT2D eigenvalue weighted by Gasteiger charge is -2.09. The molecule has 13 heavy (non-hydrogen) atoms. The summed E-state index contributed by atoms with van der Waals surface area (Å²) in [6.45, 7) is 5.56. The maximum absolute atomic E-state index is 11.2. The molecule has 0 rings (SSSR count). The molecule has 75 valence electrons. The molecule has 1 radical (unpaired) electrons. The van der Waals surface area contributed by atoms with Gasteiger partial charge in [0, 0.05) is 0 Å². The van der Waals surface area contributed by atoms with Crippen LogP contribution in [0.2, 0.25) is 0 Å². The minimum Gasteiger partial charge on any atom is -0.230 e. The van der Waals surface area contributed by atoms with Gasteiger partial charge in [-0.05, 0) is 39.5 Å². The average Bonchev–Trinajstić information content (AvgIpc) is 2.01. The van der Waals surface area contributed by atoms with E-state index in [9.17, 15) is 5.11 Å². The molecule has 0 aliphatic heterocycles. The Morgan fingerprint density at radius 1 is 1.00 bits per heavy atom. The summed E-state index contributed by atoms with van der Waals surface area (Å²) in [5.74, 6) is 0. The van der Waals surface area contributed by atoms with E-state index in [1.807, 2.05) is 6.08 Å². The van der Waals surface area contributed by atoms with Gasteiger partial charge in [-0.3, -0.25) is 0 Å². The number of hydrogen-bond donors (Lipinski definition) is 0. The maximum Gasteiger partial charge on any atom is 0.101 e. The van der Waals surface area contributed by atoms with Gasteiger partial charge in [-0.15, -0.1) is 0 Å². The van der Waals surface area contributed by atoms with E-state index in [1.54, 1.807) is 13.8 Å². The fraction of sp³-hybridized carbons (Fsp3) is 0.667. The van der Waals surface area contributed by atoms with Gasteiger partial charge in [0.25, 0.3) is 0 Å². The van der Waals surface area contributed by atoms with Crippen LogP contribution in [0.3, 0.4) is 0 Å². The van der Waals surface area contributed by atoms with Gasteiger partial charge in [0.15, 0.2) is 0 Å². The molecule has 0 saturated heterocycles. The van der Waals surface area contributed by atoms with Gasteiger partial charge >= 0.3 is 0 Å². The molecule has 0 unspecified atom stereocenters. The maximum atomic E-state index is 11.2. The van der Waals surface area contributed by atoms with Gasteiger partial charge in [0.1, 0.15) is 5.60 Å². The zero-order valence-electron chi connectivity index (χ0n) is 9.05. The molecule has 0 atom stereocenters. The van der Waals surface area contributed by atoms with Crippen molar-refractivity contribution >= 4 is 0 Å². The largest absolute Gasteiger partial charge is 0.230 e. The lowest BCUT2D eigenvalue weighted by atomic mass is 10.1. The molecular formula is C12H21O. The highest BCUT2D eigenvalue weighted by atomic mass is 16.3. The lowest BCUT2D eigenvalue weighted by molar-refractivity contribution is 0.00707. The van der Waals surface area contributed by atoms with Crippen molar-refractivity contribution in [3.63, 3.8) is 0 Å². The van der Waals surface area contributed by atoms with E-state index in [2.05, 4.69) is 25.2 Å². The molecule has 0 aromatic rings. The summed E-state index contributed by atoms with van der Waals surface area (Å²) in [6, 6.07) is 0. The Balaban J connectivity index is 3.37. The minimum atomic E-state index is -0.810. The second-order valence-corrected chi connectivity index (χ2v) is 3.89. The highest BCUT2D eigenvalue weighted by molar-refractivity contribution is 4.90. The van der Waals surface area contributed by atoms with Crippen LogP contribution >= 0.6 is 0 Å².